The highest BCUT2D eigenvalue weighted by Crippen LogP contribution is 2.27. The molecule has 1 atom stereocenters. The third-order valence-electron chi connectivity index (χ3n) is 1.32. The predicted octanol–water partition coefficient (Wildman–Crippen LogP) is 2.05. The maximum absolute atomic E-state index is 12.0. The average molecular weight is 227 g/mol. The summed E-state index contributed by atoms with van der Waals surface area (Å²) in [6.45, 7) is -0.697. The molecule has 0 bridgehead atoms. The molecule has 13 heavy (non-hydrogen) atoms. The fourth-order valence-electron chi connectivity index (χ4n) is 0.716. The second-order valence-electron chi connectivity index (χ2n) is 2.19. The molecule has 0 saturated carbocycles. The van der Waals surface area contributed by atoms with Gasteiger partial charge in [0.1, 0.15) is 6.67 Å². The van der Waals surface area contributed by atoms with Gasteiger partial charge in [0.15, 0.2) is 0 Å². The van der Waals surface area contributed by atoms with Gasteiger partial charge >= 0.3 is 5.00 Å². The van der Waals surface area contributed by atoms with Crippen LogP contribution >= 0.6 is 23.7 Å². The third kappa shape index (κ3) is 2.91. The van der Waals surface area contributed by atoms with Crippen LogP contribution in [0.1, 0.15) is 10.9 Å². The molecule has 1 rings (SSSR count). The fourth-order valence-corrected chi connectivity index (χ4v) is 1.52. The van der Waals surface area contributed by atoms with Gasteiger partial charge in [0.25, 0.3) is 0 Å². The minimum absolute atomic E-state index is 0. The van der Waals surface area contributed by atoms with Gasteiger partial charge in [0.2, 0.25) is 0 Å². The van der Waals surface area contributed by atoms with Crippen molar-refractivity contribution >= 4 is 28.7 Å². The van der Waals surface area contributed by atoms with E-state index in [0.717, 1.165) is 11.3 Å². The molecule has 1 aromatic heterocycles. The topological polar surface area (TPSA) is 69.2 Å². The van der Waals surface area contributed by atoms with E-state index in [-0.39, 0.29) is 17.4 Å². The van der Waals surface area contributed by atoms with E-state index in [0.29, 0.717) is 4.88 Å². The van der Waals surface area contributed by atoms with Gasteiger partial charge in [-0.05, 0) is 6.07 Å². The SMILES string of the molecule is Cl.N[C@@H](CF)c1ccc([N+](=O)[O-])s1. The van der Waals surface area contributed by atoms with Crippen LogP contribution in [0.25, 0.3) is 0 Å². The van der Waals surface area contributed by atoms with E-state index in [9.17, 15) is 14.5 Å². The highest BCUT2D eigenvalue weighted by Gasteiger charge is 2.14. The first-order valence-electron chi connectivity index (χ1n) is 3.21. The quantitative estimate of drug-likeness (QED) is 0.634. The largest absolute Gasteiger partial charge is 0.324 e. The Morgan fingerprint density at radius 3 is 2.69 bits per heavy atom. The lowest BCUT2D eigenvalue weighted by molar-refractivity contribution is -0.380. The Hall–Kier alpha value is -0.720. The second-order valence-corrected chi connectivity index (χ2v) is 3.29. The second kappa shape index (κ2) is 5.11. The van der Waals surface area contributed by atoms with E-state index >= 15 is 0 Å². The van der Waals surface area contributed by atoms with Crippen LogP contribution in [0.2, 0.25) is 0 Å². The number of hydrogen-bond donors (Lipinski definition) is 1. The molecule has 7 heteroatoms. The zero-order chi connectivity index (χ0) is 9.14. The molecule has 0 aliphatic carbocycles. The van der Waals surface area contributed by atoms with Gasteiger partial charge in [0, 0.05) is 10.9 Å². The lowest BCUT2D eigenvalue weighted by Crippen LogP contribution is -2.09. The Morgan fingerprint density at radius 1 is 1.69 bits per heavy atom. The molecule has 0 aromatic carbocycles. The van der Waals surface area contributed by atoms with Crippen LogP contribution in [0.3, 0.4) is 0 Å². The summed E-state index contributed by atoms with van der Waals surface area (Å²) < 4.78 is 12.0. The van der Waals surface area contributed by atoms with Crippen molar-refractivity contribution in [3.8, 4) is 0 Å². The Labute approximate surface area is 84.1 Å². The third-order valence-corrected chi connectivity index (χ3v) is 2.49. The summed E-state index contributed by atoms with van der Waals surface area (Å²) >= 11 is 0.910. The monoisotopic (exact) mass is 226 g/mol. The summed E-state index contributed by atoms with van der Waals surface area (Å²) in [4.78, 5) is 10.2. The molecule has 2 N–H and O–H groups in total. The van der Waals surface area contributed by atoms with Gasteiger partial charge in [-0.25, -0.2) is 4.39 Å². The molecular weight excluding hydrogens is 219 g/mol. The van der Waals surface area contributed by atoms with E-state index in [1.807, 2.05) is 0 Å². The van der Waals surface area contributed by atoms with Crippen molar-refractivity contribution < 1.29 is 9.31 Å². The smallest absolute Gasteiger partial charge is 0.321 e. The molecular formula is C6H8ClFN2O2S. The molecule has 0 fully saturated rings. The maximum Gasteiger partial charge on any atom is 0.324 e. The summed E-state index contributed by atoms with van der Waals surface area (Å²) in [7, 11) is 0. The number of hydrogen-bond acceptors (Lipinski definition) is 4. The van der Waals surface area contributed by atoms with Crippen molar-refractivity contribution in [2.45, 2.75) is 6.04 Å². The summed E-state index contributed by atoms with van der Waals surface area (Å²) in [6.07, 6.45) is 0. The van der Waals surface area contributed by atoms with Gasteiger partial charge < -0.3 is 5.73 Å². The summed E-state index contributed by atoms with van der Waals surface area (Å²) in [5.74, 6) is 0. The van der Waals surface area contributed by atoms with Crippen LogP contribution in [-0.4, -0.2) is 11.6 Å². The van der Waals surface area contributed by atoms with Crippen molar-refractivity contribution in [3.05, 3.63) is 27.1 Å². The molecule has 4 nitrogen and oxygen atoms in total. The van der Waals surface area contributed by atoms with Gasteiger partial charge in [-0.15, -0.1) is 12.4 Å². The minimum Gasteiger partial charge on any atom is -0.321 e. The first-order valence-corrected chi connectivity index (χ1v) is 4.02. The van der Waals surface area contributed by atoms with E-state index in [1.54, 1.807) is 0 Å². The molecule has 0 spiro atoms. The normalized spacial score (nSPS) is 11.8. The number of thiophene rings is 1. The zero-order valence-corrected chi connectivity index (χ0v) is 8.11. The van der Waals surface area contributed by atoms with Crippen LogP contribution in [0.5, 0.6) is 0 Å². The van der Waals surface area contributed by atoms with Gasteiger partial charge in [-0.1, -0.05) is 11.3 Å². The summed E-state index contributed by atoms with van der Waals surface area (Å²) in [5.41, 5.74) is 5.32. The number of alkyl halides is 1. The predicted molar refractivity (Wildman–Crippen MR) is 51.1 cm³/mol. The fraction of sp³-hybridized carbons (Fsp3) is 0.333. The Balaban J connectivity index is 0.00000144. The Kier molecular flexibility index (Phi) is 4.82. The van der Waals surface area contributed by atoms with Crippen LogP contribution < -0.4 is 5.73 Å². The number of rotatable bonds is 3. The number of nitrogens with two attached hydrogens (primary N) is 1. The number of halogens is 2. The number of nitro groups is 1. The van der Waals surface area contributed by atoms with E-state index < -0.39 is 17.6 Å². The highest BCUT2D eigenvalue weighted by molar-refractivity contribution is 7.15. The standard InChI is InChI=1S/C6H7FN2O2S.ClH/c7-3-4(8)5-1-2-6(12-5)9(10)11;/h1-2,4H,3,8H2;1H/t4-;/m0./s1. The van der Waals surface area contributed by atoms with Crippen molar-refractivity contribution in [2.24, 2.45) is 5.73 Å². The number of nitrogens with zero attached hydrogens (tertiary/aromatic N) is 1. The molecule has 0 saturated heterocycles. The molecule has 1 heterocycles. The lowest BCUT2D eigenvalue weighted by atomic mass is 10.3. The van der Waals surface area contributed by atoms with E-state index in [2.05, 4.69) is 0 Å². The zero-order valence-electron chi connectivity index (χ0n) is 6.47. The van der Waals surface area contributed by atoms with Crippen molar-refractivity contribution in [3.63, 3.8) is 0 Å². The van der Waals surface area contributed by atoms with Crippen LogP contribution in [0.15, 0.2) is 12.1 Å². The minimum atomic E-state index is -0.733. The first-order chi connectivity index (χ1) is 5.65. The lowest BCUT2D eigenvalue weighted by Gasteiger charge is -1.99. The highest BCUT2D eigenvalue weighted by atomic mass is 35.5. The first kappa shape index (κ1) is 12.3. The van der Waals surface area contributed by atoms with Crippen LogP contribution in [-0.2, 0) is 0 Å². The molecule has 0 radical (unpaired) electrons. The Bertz CT molecular complexity index is 294. The maximum atomic E-state index is 12.0. The molecule has 0 aliphatic heterocycles. The molecule has 74 valence electrons. The van der Waals surface area contributed by atoms with Crippen LogP contribution in [0.4, 0.5) is 9.39 Å². The van der Waals surface area contributed by atoms with Crippen molar-refractivity contribution in [1.82, 2.24) is 0 Å². The molecule has 0 amide bonds. The Morgan fingerprint density at radius 2 is 2.31 bits per heavy atom. The van der Waals surface area contributed by atoms with Gasteiger partial charge in [0.05, 0.1) is 11.0 Å². The van der Waals surface area contributed by atoms with Crippen molar-refractivity contribution in [1.29, 1.82) is 0 Å². The summed E-state index contributed by atoms with van der Waals surface area (Å²) in [6, 6.07) is 2.08. The van der Waals surface area contributed by atoms with Crippen molar-refractivity contribution in [2.75, 3.05) is 6.67 Å². The summed E-state index contributed by atoms with van der Waals surface area (Å²) in [5, 5.41) is 10.2. The average Bonchev–Trinajstić information content (AvgIpc) is 2.51. The van der Waals surface area contributed by atoms with E-state index in [4.69, 9.17) is 5.73 Å². The molecule has 0 aliphatic rings. The van der Waals surface area contributed by atoms with Gasteiger partial charge in [-0.3, -0.25) is 10.1 Å². The van der Waals surface area contributed by atoms with Gasteiger partial charge in [-0.2, -0.15) is 0 Å². The van der Waals surface area contributed by atoms with Crippen LogP contribution in [0, 0.1) is 10.1 Å². The molecule has 1 aromatic rings. The molecule has 0 unspecified atom stereocenters. The van der Waals surface area contributed by atoms with E-state index in [1.165, 1.54) is 12.1 Å².